The van der Waals surface area contributed by atoms with Gasteiger partial charge in [-0.05, 0) is 67.4 Å². The van der Waals surface area contributed by atoms with E-state index in [0.29, 0.717) is 31.0 Å². The highest BCUT2D eigenvalue weighted by molar-refractivity contribution is 6.04. The fourth-order valence-corrected chi connectivity index (χ4v) is 4.08. The molecule has 3 aromatic rings. The minimum absolute atomic E-state index is 0.133. The Bertz CT molecular complexity index is 1260. The van der Waals surface area contributed by atoms with Crippen molar-refractivity contribution >= 4 is 29.4 Å². The van der Waals surface area contributed by atoms with Crippen LogP contribution in [0, 0.1) is 11.7 Å². The van der Waals surface area contributed by atoms with Crippen LogP contribution in [0.15, 0.2) is 54.6 Å². The number of nitrogens with one attached hydrogen (secondary N) is 1. The second-order valence-corrected chi connectivity index (χ2v) is 8.30. The predicted molar refractivity (Wildman–Crippen MR) is 130 cm³/mol. The number of halogens is 1. The fourth-order valence-electron chi connectivity index (χ4n) is 4.08. The number of rotatable bonds is 6. The van der Waals surface area contributed by atoms with Gasteiger partial charge in [0.1, 0.15) is 5.82 Å². The first-order valence-corrected chi connectivity index (χ1v) is 11.4. The van der Waals surface area contributed by atoms with Gasteiger partial charge in [-0.1, -0.05) is 0 Å². The van der Waals surface area contributed by atoms with Gasteiger partial charge in [0.25, 0.3) is 0 Å². The van der Waals surface area contributed by atoms with Crippen LogP contribution in [-0.4, -0.2) is 55.4 Å². The Morgan fingerprint density at radius 1 is 0.972 bits per heavy atom. The monoisotopic (exact) mass is 492 g/mol. The van der Waals surface area contributed by atoms with Crippen molar-refractivity contribution in [3.8, 4) is 11.3 Å². The first kappa shape index (κ1) is 24.8. The molecule has 1 saturated heterocycles. The van der Waals surface area contributed by atoms with Crippen LogP contribution >= 0.6 is 0 Å². The van der Waals surface area contributed by atoms with Gasteiger partial charge < -0.3 is 19.7 Å². The molecule has 1 fully saturated rings. The lowest BCUT2D eigenvalue weighted by atomic mass is 9.96. The molecule has 2 heterocycles. The van der Waals surface area contributed by atoms with Crippen LogP contribution in [0.3, 0.4) is 0 Å². The Morgan fingerprint density at radius 3 is 2.39 bits per heavy atom. The quantitative estimate of drug-likeness (QED) is 0.519. The molecular formula is C26H25FN4O5. The number of hydrogen-bond donors (Lipinski definition) is 1. The summed E-state index contributed by atoms with van der Waals surface area (Å²) in [7, 11) is 2.49. The Morgan fingerprint density at radius 2 is 1.72 bits per heavy atom. The maximum atomic E-state index is 13.2. The van der Waals surface area contributed by atoms with Gasteiger partial charge in [0.15, 0.2) is 5.82 Å². The highest BCUT2D eigenvalue weighted by Gasteiger charge is 2.28. The Hall–Kier alpha value is -4.34. The van der Waals surface area contributed by atoms with E-state index < -0.39 is 11.9 Å². The number of anilines is 2. The lowest BCUT2D eigenvalue weighted by molar-refractivity contribution is -0.120. The van der Waals surface area contributed by atoms with Gasteiger partial charge in [0.2, 0.25) is 5.91 Å². The minimum Gasteiger partial charge on any atom is -0.465 e. The van der Waals surface area contributed by atoms with Gasteiger partial charge in [0, 0.05) is 18.7 Å². The van der Waals surface area contributed by atoms with E-state index in [4.69, 9.17) is 9.47 Å². The molecule has 9 nitrogen and oxygen atoms in total. The van der Waals surface area contributed by atoms with E-state index in [1.165, 1.54) is 44.6 Å². The molecule has 1 aliphatic rings. The molecule has 1 amide bonds. The van der Waals surface area contributed by atoms with Crippen LogP contribution < -0.4 is 10.2 Å². The molecule has 0 spiro atoms. The largest absolute Gasteiger partial charge is 0.465 e. The van der Waals surface area contributed by atoms with Crippen molar-refractivity contribution in [3.05, 3.63) is 71.5 Å². The Kier molecular flexibility index (Phi) is 7.53. The Balaban J connectivity index is 1.48. The molecule has 1 atom stereocenters. The smallest absolute Gasteiger partial charge is 0.339 e. The summed E-state index contributed by atoms with van der Waals surface area (Å²) < 4.78 is 22.7. The molecule has 1 aliphatic heterocycles. The first-order valence-electron chi connectivity index (χ1n) is 11.4. The van der Waals surface area contributed by atoms with Crippen molar-refractivity contribution in [3.63, 3.8) is 0 Å². The van der Waals surface area contributed by atoms with E-state index in [9.17, 15) is 18.8 Å². The standard InChI is InChI=1S/C26H25FN4O5/c1-35-25(33)17-7-10-20(26(34)36-2)22(14-17)28-24(32)18-4-3-13-31(15-18)23-12-11-21(29-30-23)16-5-8-19(27)9-6-16/h5-12,14,18H,3-4,13,15H2,1-2H3,(H,28,32). The number of benzene rings is 2. The zero-order valence-corrected chi connectivity index (χ0v) is 19.9. The van der Waals surface area contributed by atoms with Crippen LogP contribution in [0.5, 0.6) is 0 Å². The third-order valence-electron chi connectivity index (χ3n) is 6.01. The second kappa shape index (κ2) is 10.9. The average molecular weight is 493 g/mol. The molecule has 0 aliphatic carbocycles. The zero-order chi connectivity index (χ0) is 25.7. The average Bonchev–Trinajstić information content (AvgIpc) is 2.92. The van der Waals surface area contributed by atoms with Crippen LogP contribution in [0.25, 0.3) is 11.3 Å². The lowest BCUT2D eigenvalue weighted by Gasteiger charge is -2.32. The number of nitrogens with zero attached hydrogens (tertiary/aromatic N) is 3. The van der Waals surface area contributed by atoms with E-state index in [-0.39, 0.29) is 34.5 Å². The predicted octanol–water partition coefficient (Wildman–Crippen LogP) is 3.71. The third kappa shape index (κ3) is 5.48. The van der Waals surface area contributed by atoms with Gasteiger partial charge in [0.05, 0.1) is 42.6 Å². The highest BCUT2D eigenvalue weighted by atomic mass is 19.1. The molecule has 0 bridgehead atoms. The van der Waals surface area contributed by atoms with Crippen LogP contribution in [0.4, 0.5) is 15.9 Å². The molecule has 0 radical (unpaired) electrons. The molecule has 4 rings (SSSR count). The summed E-state index contributed by atoms with van der Waals surface area (Å²) in [6.45, 7) is 1.11. The van der Waals surface area contributed by atoms with E-state index >= 15 is 0 Å². The van der Waals surface area contributed by atoms with Crippen LogP contribution in [-0.2, 0) is 14.3 Å². The number of methoxy groups -OCH3 is 2. The number of aromatic nitrogens is 2. The summed E-state index contributed by atoms with van der Waals surface area (Å²) in [6, 6.07) is 13.9. The molecule has 0 saturated carbocycles. The van der Waals surface area contributed by atoms with Crippen molar-refractivity contribution in [2.24, 2.45) is 5.92 Å². The van der Waals surface area contributed by atoms with Gasteiger partial charge in [-0.25, -0.2) is 14.0 Å². The molecule has 186 valence electrons. The summed E-state index contributed by atoms with van der Waals surface area (Å²) in [4.78, 5) is 39.3. The molecular weight excluding hydrogens is 467 g/mol. The Labute approximate surface area is 207 Å². The number of esters is 2. The molecule has 1 N–H and O–H groups in total. The zero-order valence-electron chi connectivity index (χ0n) is 19.9. The fraction of sp³-hybridized carbons (Fsp3) is 0.269. The maximum absolute atomic E-state index is 13.2. The second-order valence-electron chi connectivity index (χ2n) is 8.30. The number of carbonyl (C=O) groups is 3. The van der Waals surface area contributed by atoms with Crippen molar-refractivity contribution in [1.29, 1.82) is 0 Å². The van der Waals surface area contributed by atoms with E-state index in [1.807, 2.05) is 11.0 Å². The van der Waals surface area contributed by atoms with Gasteiger partial charge in [-0.3, -0.25) is 4.79 Å². The van der Waals surface area contributed by atoms with Crippen LogP contribution in [0.2, 0.25) is 0 Å². The van der Waals surface area contributed by atoms with E-state index in [2.05, 4.69) is 15.5 Å². The normalized spacial score (nSPS) is 15.2. The van der Waals surface area contributed by atoms with Crippen molar-refractivity contribution in [2.45, 2.75) is 12.8 Å². The number of piperidine rings is 1. The molecule has 10 heteroatoms. The number of ether oxygens (including phenoxy) is 2. The maximum Gasteiger partial charge on any atom is 0.339 e. The first-order chi connectivity index (χ1) is 17.4. The number of hydrogen-bond acceptors (Lipinski definition) is 8. The van der Waals surface area contributed by atoms with Crippen molar-refractivity contribution in [1.82, 2.24) is 10.2 Å². The van der Waals surface area contributed by atoms with E-state index in [0.717, 1.165) is 12.0 Å². The summed E-state index contributed by atoms with van der Waals surface area (Å²) >= 11 is 0. The minimum atomic E-state index is -0.636. The molecule has 36 heavy (non-hydrogen) atoms. The van der Waals surface area contributed by atoms with Crippen LogP contribution in [0.1, 0.15) is 33.6 Å². The SMILES string of the molecule is COC(=O)c1ccc(C(=O)OC)c(NC(=O)C2CCCN(c3ccc(-c4ccc(F)cc4)nn3)C2)c1. The highest BCUT2D eigenvalue weighted by Crippen LogP contribution is 2.26. The third-order valence-corrected chi connectivity index (χ3v) is 6.01. The molecule has 1 aromatic heterocycles. The topological polar surface area (TPSA) is 111 Å². The number of amides is 1. The molecule has 1 unspecified atom stereocenters. The van der Waals surface area contributed by atoms with Crippen molar-refractivity contribution < 1.29 is 28.2 Å². The van der Waals surface area contributed by atoms with Gasteiger partial charge >= 0.3 is 11.9 Å². The summed E-state index contributed by atoms with van der Waals surface area (Å²) in [5.41, 5.74) is 1.87. The van der Waals surface area contributed by atoms with Gasteiger partial charge in [-0.15, -0.1) is 10.2 Å². The van der Waals surface area contributed by atoms with Gasteiger partial charge in [-0.2, -0.15) is 0 Å². The molecule has 2 aromatic carbocycles. The summed E-state index contributed by atoms with van der Waals surface area (Å²) in [6.07, 6.45) is 1.40. The van der Waals surface area contributed by atoms with E-state index in [1.54, 1.807) is 18.2 Å². The number of carbonyl (C=O) groups excluding carboxylic acids is 3. The van der Waals surface area contributed by atoms with Crippen molar-refractivity contribution in [2.75, 3.05) is 37.5 Å². The summed E-state index contributed by atoms with van der Waals surface area (Å²) in [5, 5.41) is 11.3. The summed E-state index contributed by atoms with van der Waals surface area (Å²) in [5.74, 6) is -1.60. The lowest BCUT2D eigenvalue weighted by Crippen LogP contribution is -2.41.